The number of piperazine rings is 1. The van der Waals surface area contributed by atoms with Crippen LogP contribution in [-0.2, 0) is 28.4 Å². The van der Waals surface area contributed by atoms with Crippen LogP contribution in [0, 0.1) is 0 Å². The molecule has 286 valence electrons. The molecule has 1 atom stereocenters. The molecule has 0 radical (unpaired) electrons. The highest BCUT2D eigenvalue weighted by molar-refractivity contribution is 5.97. The van der Waals surface area contributed by atoms with Gasteiger partial charge in [0, 0.05) is 45.1 Å². The number of imidazole rings is 1. The fraction of sp³-hybridized carbons (Fsp3) is 0.343. The van der Waals surface area contributed by atoms with Gasteiger partial charge in [-0.25, -0.2) is 4.79 Å². The van der Waals surface area contributed by atoms with E-state index in [4.69, 9.17) is 4.74 Å². The molecule has 4 aromatic rings. The SMILES string of the molecule is O=C(Cc1[nH]c(=O)[nH]c1O)Nc1ccccc1N1CCN(C(=O)C2(Oc3ccc(C(F)(F)F)cc3)CCCN(C(=O)c3cnccc3C(F)(F)F)C2)CC1. The number of amides is 3. The lowest BCUT2D eigenvalue weighted by Crippen LogP contribution is -2.64. The zero-order valence-electron chi connectivity index (χ0n) is 28.3. The van der Waals surface area contributed by atoms with Crippen LogP contribution >= 0.6 is 0 Å². The quantitative estimate of drug-likeness (QED) is 0.192. The Labute approximate surface area is 302 Å². The number of hydrogen-bond donors (Lipinski definition) is 4. The van der Waals surface area contributed by atoms with E-state index in [1.54, 1.807) is 24.3 Å². The number of aromatic hydroxyl groups is 1. The number of benzene rings is 2. The van der Waals surface area contributed by atoms with Crippen molar-refractivity contribution in [3.63, 3.8) is 0 Å². The molecule has 19 heteroatoms. The van der Waals surface area contributed by atoms with E-state index in [1.165, 1.54) is 4.90 Å². The summed E-state index contributed by atoms with van der Waals surface area (Å²) < 4.78 is 87.6. The van der Waals surface area contributed by atoms with Crippen molar-refractivity contribution in [1.29, 1.82) is 0 Å². The van der Waals surface area contributed by atoms with Crippen molar-refractivity contribution in [2.75, 3.05) is 49.5 Å². The number of alkyl halides is 6. The number of halogens is 6. The second-order valence-electron chi connectivity index (χ2n) is 12.8. The maximum Gasteiger partial charge on any atom is 0.417 e. The molecule has 2 aromatic carbocycles. The van der Waals surface area contributed by atoms with Gasteiger partial charge in [-0.05, 0) is 55.3 Å². The van der Waals surface area contributed by atoms with Gasteiger partial charge in [0.25, 0.3) is 11.8 Å². The van der Waals surface area contributed by atoms with E-state index in [9.17, 15) is 50.6 Å². The van der Waals surface area contributed by atoms with Crippen LogP contribution in [0.4, 0.5) is 37.7 Å². The van der Waals surface area contributed by atoms with Crippen molar-refractivity contribution in [2.24, 2.45) is 0 Å². The number of nitrogens with one attached hydrogen (secondary N) is 3. The first-order valence-corrected chi connectivity index (χ1v) is 16.6. The fourth-order valence-corrected chi connectivity index (χ4v) is 6.60. The molecule has 2 aromatic heterocycles. The number of rotatable bonds is 8. The molecule has 13 nitrogen and oxygen atoms in total. The lowest BCUT2D eigenvalue weighted by atomic mass is 9.89. The molecule has 1 unspecified atom stereocenters. The van der Waals surface area contributed by atoms with E-state index in [2.05, 4.69) is 20.3 Å². The van der Waals surface area contributed by atoms with Crippen molar-refractivity contribution in [2.45, 2.75) is 37.2 Å². The molecule has 0 spiro atoms. The normalized spacial score (nSPS) is 18.0. The maximum atomic E-state index is 14.5. The number of piperidine rings is 1. The van der Waals surface area contributed by atoms with Crippen LogP contribution in [0.5, 0.6) is 11.6 Å². The molecule has 4 N–H and O–H groups in total. The molecule has 3 amide bonds. The summed E-state index contributed by atoms with van der Waals surface area (Å²) in [5.74, 6) is -2.75. The van der Waals surface area contributed by atoms with Crippen molar-refractivity contribution in [3.05, 3.63) is 99.9 Å². The number of pyridine rings is 1. The van der Waals surface area contributed by atoms with Gasteiger partial charge < -0.3 is 34.8 Å². The smallest absolute Gasteiger partial charge is 0.417 e. The van der Waals surface area contributed by atoms with E-state index in [0.717, 1.165) is 41.6 Å². The van der Waals surface area contributed by atoms with E-state index >= 15 is 0 Å². The Hall–Kier alpha value is -6.01. The number of anilines is 2. The van der Waals surface area contributed by atoms with Gasteiger partial charge in [-0.3, -0.25) is 24.4 Å². The van der Waals surface area contributed by atoms with Crippen LogP contribution in [-0.4, -0.2) is 92.4 Å². The van der Waals surface area contributed by atoms with Crippen LogP contribution < -0.4 is 20.6 Å². The average Bonchev–Trinajstić information content (AvgIpc) is 3.46. The summed E-state index contributed by atoms with van der Waals surface area (Å²) in [7, 11) is 0. The Morgan fingerprint density at radius 1 is 0.889 bits per heavy atom. The molecule has 4 heterocycles. The van der Waals surface area contributed by atoms with E-state index < -0.39 is 70.5 Å². The number of likely N-dealkylation sites (tertiary alicyclic amines) is 1. The Balaban J connectivity index is 1.22. The molecule has 2 aliphatic rings. The first kappa shape index (κ1) is 37.7. The summed E-state index contributed by atoms with van der Waals surface area (Å²) in [6.07, 6.45) is -8.02. The Kier molecular flexibility index (Phi) is 10.3. The number of hydrogen-bond acceptors (Lipinski definition) is 8. The van der Waals surface area contributed by atoms with Crippen LogP contribution in [0.3, 0.4) is 0 Å². The minimum Gasteiger partial charge on any atom is -0.493 e. The van der Waals surface area contributed by atoms with Crippen LogP contribution in [0.15, 0.2) is 71.8 Å². The molecule has 0 saturated carbocycles. The van der Waals surface area contributed by atoms with Gasteiger partial charge in [0.05, 0.1) is 46.7 Å². The molecular formula is C35H33F6N7O6. The van der Waals surface area contributed by atoms with E-state index in [0.29, 0.717) is 17.4 Å². The van der Waals surface area contributed by atoms with Gasteiger partial charge in [0.15, 0.2) is 0 Å². The first-order valence-electron chi connectivity index (χ1n) is 16.6. The molecule has 2 saturated heterocycles. The summed E-state index contributed by atoms with van der Waals surface area (Å²) in [5.41, 5.74) is -4.42. The average molecular weight is 762 g/mol. The first-order chi connectivity index (χ1) is 25.5. The van der Waals surface area contributed by atoms with Gasteiger partial charge in [-0.15, -0.1) is 0 Å². The number of nitrogens with zero attached hydrogens (tertiary/aromatic N) is 4. The zero-order valence-corrected chi connectivity index (χ0v) is 28.3. The molecule has 0 bridgehead atoms. The van der Waals surface area contributed by atoms with Gasteiger partial charge in [0.1, 0.15) is 5.75 Å². The summed E-state index contributed by atoms with van der Waals surface area (Å²) >= 11 is 0. The largest absolute Gasteiger partial charge is 0.493 e. The Morgan fingerprint density at radius 3 is 2.24 bits per heavy atom. The predicted molar refractivity (Wildman–Crippen MR) is 180 cm³/mol. The van der Waals surface area contributed by atoms with E-state index in [1.807, 2.05) is 4.90 Å². The van der Waals surface area contributed by atoms with Crippen molar-refractivity contribution < 1.29 is 50.6 Å². The highest BCUT2D eigenvalue weighted by Crippen LogP contribution is 2.37. The molecule has 6 rings (SSSR count). The molecule has 2 aliphatic heterocycles. The molecule has 0 aliphatic carbocycles. The lowest BCUT2D eigenvalue weighted by molar-refractivity contribution is -0.153. The maximum absolute atomic E-state index is 14.5. The summed E-state index contributed by atoms with van der Waals surface area (Å²) in [5, 5.41) is 12.6. The second-order valence-corrected chi connectivity index (χ2v) is 12.8. The number of para-hydroxylation sites is 2. The highest BCUT2D eigenvalue weighted by Gasteiger charge is 2.49. The van der Waals surface area contributed by atoms with Gasteiger partial charge in [-0.1, -0.05) is 12.1 Å². The second kappa shape index (κ2) is 14.8. The third-order valence-corrected chi connectivity index (χ3v) is 9.19. The Bertz CT molecular complexity index is 2080. The zero-order chi connectivity index (χ0) is 38.8. The van der Waals surface area contributed by atoms with E-state index in [-0.39, 0.29) is 63.4 Å². The predicted octanol–water partition coefficient (Wildman–Crippen LogP) is 4.43. The van der Waals surface area contributed by atoms with Crippen LogP contribution in [0.1, 0.15) is 40.0 Å². The Morgan fingerprint density at radius 2 is 1.59 bits per heavy atom. The number of aromatic nitrogens is 3. The number of H-pyrrole nitrogens is 2. The monoisotopic (exact) mass is 761 g/mol. The summed E-state index contributed by atoms with van der Waals surface area (Å²) in [6, 6.07) is 11.1. The number of ether oxygens (including phenoxy) is 1. The highest BCUT2D eigenvalue weighted by atomic mass is 19.4. The third kappa shape index (κ3) is 8.13. The number of aromatic amines is 2. The minimum atomic E-state index is -4.87. The van der Waals surface area contributed by atoms with Gasteiger partial charge in [0.2, 0.25) is 17.4 Å². The third-order valence-electron chi connectivity index (χ3n) is 9.19. The van der Waals surface area contributed by atoms with Crippen molar-refractivity contribution in [1.82, 2.24) is 24.8 Å². The number of carbonyl (C=O) groups excluding carboxylic acids is 3. The minimum absolute atomic E-state index is 0.00115. The van der Waals surface area contributed by atoms with Crippen LogP contribution in [0.25, 0.3) is 0 Å². The summed E-state index contributed by atoms with van der Waals surface area (Å²) in [6.45, 7) is 0.183. The molecular weight excluding hydrogens is 728 g/mol. The van der Waals surface area contributed by atoms with Gasteiger partial charge >= 0.3 is 18.0 Å². The standard InChI is InChI=1S/C35H33F6N7O6/c36-34(37,38)21-6-8-22(9-7-21)54-33(11-3-13-48(20-33)30(51)23-19-42-12-10-24(23)35(39,40)41)31(52)47-16-14-46(15-17-47)27-5-2-1-4-25(27)43-28(49)18-26-29(50)45-32(53)44-26/h1-2,4-10,12,19,50H,3,11,13-18,20H2,(H,43,49)(H2,44,45,53). The number of carbonyl (C=O) groups is 3. The molecule has 2 fully saturated rings. The van der Waals surface area contributed by atoms with Crippen molar-refractivity contribution in [3.8, 4) is 11.6 Å². The lowest BCUT2D eigenvalue weighted by Gasteiger charge is -2.46. The van der Waals surface area contributed by atoms with Gasteiger partial charge in [-0.2, -0.15) is 26.3 Å². The summed E-state index contributed by atoms with van der Waals surface area (Å²) in [4.78, 5) is 64.9. The fourth-order valence-electron chi connectivity index (χ4n) is 6.60. The van der Waals surface area contributed by atoms with Crippen molar-refractivity contribution >= 4 is 29.1 Å². The van der Waals surface area contributed by atoms with Crippen LogP contribution in [0.2, 0.25) is 0 Å². The topological polar surface area (TPSA) is 164 Å². The molecule has 54 heavy (non-hydrogen) atoms.